The number of nitrogens with one attached hydrogen (secondary N) is 1. The van der Waals surface area contributed by atoms with E-state index in [4.69, 9.17) is 4.84 Å². The molecule has 3 heteroatoms. The van der Waals surface area contributed by atoms with E-state index in [0.717, 1.165) is 18.4 Å². The first kappa shape index (κ1) is 12.6. The molecule has 3 nitrogen and oxygen atoms in total. The minimum absolute atomic E-state index is 0.471. The third kappa shape index (κ3) is 2.86. The quantitative estimate of drug-likeness (QED) is 0.564. The summed E-state index contributed by atoms with van der Waals surface area (Å²) in [7, 11) is 0. The number of hydrogen-bond donors (Lipinski definition) is 2. The molecular formula is C14H21NO2. The average Bonchev–Trinajstić information content (AvgIpc) is 3.17. The molecule has 1 saturated heterocycles. The lowest BCUT2D eigenvalue weighted by molar-refractivity contribution is 0.0639. The Balaban J connectivity index is 1.88. The summed E-state index contributed by atoms with van der Waals surface area (Å²) in [5.74, 6) is 0. The highest BCUT2D eigenvalue weighted by Crippen LogP contribution is 2.37. The van der Waals surface area contributed by atoms with Gasteiger partial charge in [0.15, 0.2) is 0 Å². The van der Waals surface area contributed by atoms with Gasteiger partial charge in [0.05, 0.1) is 0 Å². The van der Waals surface area contributed by atoms with Crippen molar-refractivity contribution in [1.29, 1.82) is 0 Å². The van der Waals surface area contributed by atoms with Gasteiger partial charge >= 0.3 is 0 Å². The summed E-state index contributed by atoms with van der Waals surface area (Å²) in [6.07, 6.45) is 4.99. The van der Waals surface area contributed by atoms with Crippen molar-refractivity contribution in [2.45, 2.75) is 50.9 Å². The summed E-state index contributed by atoms with van der Waals surface area (Å²) in [5.41, 5.74) is 3.21. The Labute approximate surface area is 103 Å². The Morgan fingerprint density at radius 1 is 1.24 bits per heavy atom. The van der Waals surface area contributed by atoms with Crippen LogP contribution in [0, 0.1) is 0 Å². The first-order valence-electron chi connectivity index (χ1n) is 6.48. The molecule has 2 rings (SSSR count). The normalized spacial score (nSPS) is 24.6. The van der Waals surface area contributed by atoms with Crippen molar-refractivity contribution in [3.05, 3.63) is 35.9 Å². The zero-order valence-corrected chi connectivity index (χ0v) is 10.4. The summed E-state index contributed by atoms with van der Waals surface area (Å²) in [6.45, 7) is 2.19. The maximum atomic E-state index is 10.2. The summed E-state index contributed by atoms with van der Waals surface area (Å²) in [4.78, 5) is 5.30. The number of hydrogen-bond acceptors (Lipinski definition) is 3. The maximum absolute atomic E-state index is 10.2. The van der Waals surface area contributed by atoms with Gasteiger partial charge in [0.25, 0.3) is 0 Å². The lowest BCUT2D eigenvalue weighted by Crippen LogP contribution is -2.30. The van der Waals surface area contributed by atoms with Gasteiger partial charge in [-0.3, -0.25) is 4.84 Å². The number of rotatable bonds is 7. The van der Waals surface area contributed by atoms with Crippen molar-refractivity contribution in [3.8, 4) is 0 Å². The Kier molecular flexibility index (Phi) is 4.15. The van der Waals surface area contributed by atoms with Crippen LogP contribution in [-0.4, -0.2) is 11.2 Å². The van der Waals surface area contributed by atoms with Crippen LogP contribution >= 0.6 is 0 Å². The first-order chi connectivity index (χ1) is 8.29. The molecule has 0 spiro atoms. The van der Waals surface area contributed by atoms with Crippen LogP contribution in [0.4, 0.5) is 0 Å². The van der Waals surface area contributed by atoms with Crippen LogP contribution in [0.25, 0.3) is 0 Å². The van der Waals surface area contributed by atoms with Crippen molar-refractivity contribution in [1.82, 2.24) is 5.48 Å². The summed E-state index contributed by atoms with van der Waals surface area (Å²) in [5, 5.41) is 10.2. The summed E-state index contributed by atoms with van der Waals surface area (Å²) in [6, 6.07) is 9.85. The molecule has 2 atom stereocenters. The van der Waals surface area contributed by atoms with E-state index < -0.39 is 11.8 Å². The van der Waals surface area contributed by atoms with Gasteiger partial charge < -0.3 is 5.11 Å². The van der Waals surface area contributed by atoms with Gasteiger partial charge in [0, 0.05) is 5.56 Å². The van der Waals surface area contributed by atoms with Crippen LogP contribution in [0.2, 0.25) is 0 Å². The molecule has 94 valence electrons. The predicted octanol–water partition coefficient (Wildman–Crippen LogP) is 2.71. The zero-order valence-electron chi connectivity index (χ0n) is 10.4. The van der Waals surface area contributed by atoms with Crippen LogP contribution in [0.15, 0.2) is 30.3 Å². The maximum Gasteiger partial charge on any atom is 0.213 e. The van der Waals surface area contributed by atoms with E-state index in [2.05, 4.69) is 12.4 Å². The second-order valence-corrected chi connectivity index (χ2v) is 4.67. The van der Waals surface area contributed by atoms with Crippen molar-refractivity contribution >= 4 is 0 Å². The molecular weight excluding hydrogens is 214 g/mol. The van der Waals surface area contributed by atoms with Crippen LogP contribution in [0.5, 0.6) is 0 Å². The number of benzene rings is 1. The topological polar surface area (TPSA) is 54.7 Å². The molecule has 0 radical (unpaired) electrons. The Hall–Kier alpha value is -0.900. The van der Waals surface area contributed by atoms with E-state index in [1.165, 1.54) is 19.3 Å². The number of aliphatic hydroxyl groups excluding tert-OH is 1. The summed E-state index contributed by atoms with van der Waals surface area (Å²) >= 11 is 0. The molecule has 1 aromatic carbocycles. The zero-order chi connectivity index (χ0) is 12.1. The molecule has 0 bridgehead atoms. The Morgan fingerprint density at radius 2 is 1.94 bits per heavy atom. The second kappa shape index (κ2) is 5.63. The van der Waals surface area contributed by atoms with E-state index in [9.17, 15) is 5.11 Å². The lowest BCUT2D eigenvalue weighted by atomic mass is 9.95. The van der Waals surface area contributed by atoms with Crippen LogP contribution in [0.1, 0.15) is 44.6 Å². The van der Waals surface area contributed by atoms with Gasteiger partial charge in [0.1, 0.15) is 6.10 Å². The van der Waals surface area contributed by atoms with Crippen LogP contribution < -0.4 is 5.48 Å². The van der Waals surface area contributed by atoms with Gasteiger partial charge in [-0.05, 0) is 6.42 Å². The van der Waals surface area contributed by atoms with Gasteiger partial charge in [-0.15, -0.1) is 0 Å². The molecule has 1 aromatic rings. The molecule has 2 unspecified atom stereocenters. The molecule has 17 heavy (non-hydrogen) atoms. The fourth-order valence-corrected chi connectivity index (χ4v) is 2.15. The van der Waals surface area contributed by atoms with Gasteiger partial charge in [0.2, 0.25) is 5.72 Å². The standard InChI is InChI=1S/C14H21NO2/c1-2-3-4-8-11-13(16)14(15-17-14)12-9-6-5-7-10-12/h5-7,9-10,13,15-16H,2-4,8,11H2,1H3. The Morgan fingerprint density at radius 3 is 2.53 bits per heavy atom. The predicted molar refractivity (Wildman–Crippen MR) is 67.1 cm³/mol. The SMILES string of the molecule is CCCCCCC(O)C1(c2ccccc2)NO1. The van der Waals surface area contributed by atoms with Crippen molar-refractivity contribution in [2.75, 3.05) is 0 Å². The molecule has 0 amide bonds. The fraction of sp³-hybridized carbons (Fsp3) is 0.571. The van der Waals surface area contributed by atoms with Crippen molar-refractivity contribution < 1.29 is 9.94 Å². The highest BCUT2D eigenvalue weighted by atomic mass is 16.8. The molecule has 1 heterocycles. The van der Waals surface area contributed by atoms with Gasteiger partial charge in [-0.2, -0.15) is 5.48 Å². The number of aliphatic hydroxyl groups is 1. The largest absolute Gasteiger partial charge is 0.388 e. The van der Waals surface area contributed by atoms with Gasteiger partial charge in [-0.25, -0.2) is 0 Å². The smallest absolute Gasteiger partial charge is 0.213 e. The molecule has 1 fully saturated rings. The molecule has 1 aliphatic rings. The molecule has 0 aliphatic carbocycles. The molecule has 2 N–H and O–H groups in total. The number of unbranched alkanes of at least 4 members (excludes halogenated alkanes) is 3. The monoisotopic (exact) mass is 235 g/mol. The number of hydroxylamine groups is 1. The molecule has 0 saturated carbocycles. The highest BCUT2D eigenvalue weighted by Gasteiger charge is 2.52. The van der Waals surface area contributed by atoms with E-state index >= 15 is 0 Å². The molecule has 0 aromatic heterocycles. The highest BCUT2D eigenvalue weighted by molar-refractivity contribution is 5.25. The third-order valence-electron chi connectivity index (χ3n) is 3.32. The van der Waals surface area contributed by atoms with E-state index in [0.29, 0.717) is 0 Å². The molecule has 1 aliphatic heterocycles. The minimum atomic E-state index is -0.645. The van der Waals surface area contributed by atoms with Crippen LogP contribution in [0.3, 0.4) is 0 Å². The fourth-order valence-electron chi connectivity index (χ4n) is 2.15. The third-order valence-corrected chi connectivity index (χ3v) is 3.32. The van der Waals surface area contributed by atoms with E-state index in [-0.39, 0.29) is 0 Å². The van der Waals surface area contributed by atoms with Gasteiger partial charge in [-0.1, -0.05) is 62.9 Å². The van der Waals surface area contributed by atoms with E-state index in [1.807, 2.05) is 30.3 Å². The minimum Gasteiger partial charge on any atom is -0.388 e. The van der Waals surface area contributed by atoms with Crippen LogP contribution in [-0.2, 0) is 10.6 Å². The lowest BCUT2D eigenvalue weighted by Gasteiger charge is -2.17. The van der Waals surface area contributed by atoms with E-state index in [1.54, 1.807) is 0 Å². The second-order valence-electron chi connectivity index (χ2n) is 4.67. The van der Waals surface area contributed by atoms with Crippen molar-refractivity contribution in [3.63, 3.8) is 0 Å². The summed E-state index contributed by atoms with van der Waals surface area (Å²) < 4.78 is 0. The van der Waals surface area contributed by atoms with Crippen molar-refractivity contribution in [2.24, 2.45) is 0 Å². The average molecular weight is 235 g/mol. The first-order valence-corrected chi connectivity index (χ1v) is 6.48. The Bertz CT molecular complexity index is 335.